The Labute approximate surface area is 105 Å². The van der Waals surface area contributed by atoms with Gasteiger partial charge in [-0.15, -0.1) is 0 Å². The Kier molecular flexibility index (Phi) is 5.08. The zero-order valence-corrected chi connectivity index (χ0v) is 10.0. The van der Waals surface area contributed by atoms with Gasteiger partial charge in [-0.2, -0.15) is 0 Å². The van der Waals surface area contributed by atoms with Gasteiger partial charge in [-0.25, -0.2) is 4.79 Å². The molecule has 0 saturated heterocycles. The third-order valence-corrected chi connectivity index (χ3v) is 2.62. The normalized spacial score (nSPS) is 14.0. The van der Waals surface area contributed by atoms with E-state index in [2.05, 4.69) is 4.74 Å². The number of benzene rings is 1. The highest BCUT2D eigenvalue weighted by Crippen LogP contribution is 2.26. The molecule has 0 fully saturated rings. The Balaban J connectivity index is 3.03. The monoisotopic (exact) mass is 255 g/mol. The number of aliphatic hydroxyl groups is 3. The number of rotatable bonds is 5. The van der Waals surface area contributed by atoms with Crippen molar-refractivity contribution in [2.45, 2.75) is 18.6 Å². The van der Waals surface area contributed by atoms with Gasteiger partial charge in [-0.05, 0) is 24.6 Å². The number of hydrogen-bond donors (Lipinski definition) is 4. The molecule has 5 N–H and O–H groups in total. The average Bonchev–Trinajstić information content (AvgIpc) is 2.37. The molecule has 0 saturated carbocycles. The molecule has 0 heterocycles. The quantitative estimate of drug-likeness (QED) is 0.429. The van der Waals surface area contributed by atoms with Crippen molar-refractivity contribution in [3.8, 4) is 0 Å². The zero-order chi connectivity index (χ0) is 13.7. The minimum atomic E-state index is -1.26. The number of esters is 1. The van der Waals surface area contributed by atoms with E-state index in [0.29, 0.717) is 0 Å². The summed E-state index contributed by atoms with van der Waals surface area (Å²) in [5.41, 5.74) is 6.41. The fourth-order valence-electron chi connectivity index (χ4n) is 1.57. The first-order chi connectivity index (χ1) is 8.51. The molecular formula is C12H17NO5. The third-order valence-electron chi connectivity index (χ3n) is 2.62. The molecule has 0 aliphatic rings. The van der Waals surface area contributed by atoms with E-state index in [1.807, 2.05) is 0 Å². The first kappa shape index (κ1) is 14.4. The average molecular weight is 255 g/mol. The van der Waals surface area contributed by atoms with Crippen LogP contribution in [0.2, 0.25) is 0 Å². The molecule has 1 aromatic rings. The minimum absolute atomic E-state index is 0.0169. The summed E-state index contributed by atoms with van der Waals surface area (Å²) in [6.45, 7) is -0.255. The van der Waals surface area contributed by atoms with E-state index >= 15 is 0 Å². The van der Waals surface area contributed by atoms with Crippen molar-refractivity contribution >= 4 is 11.7 Å². The first-order valence-corrected chi connectivity index (χ1v) is 5.46. The van der Waals surface area contributed by atoms with E-state index in [1.165, 1.54) is 25.3 Å². The number of carbonyl (C=O) groups excluding carboxylic acids is 1. The van der Waals surface area contributed by atoms with Crippen LogP contribution in [0.1, 0.15) is 28.4 Å². The van der Waals surface area contributed by atoms with Gasteiger partial charge in [-0.3, -0.25) is 0 Å². The van der Waals surface area contributed by atoms with Gasteiger partial charge >= 0.3 is 5.97 Å². The smallest absolute Gasteiger partial charge is 0.337 e. The second kappa shape index (κ2) is 6.34. The van der Waals surface area contributed by atoms with Gasteiger partial charge in [0.15, 0.2) is 0 Å². The van der Waals surface area contributed by atoms with Crippen LogP contribution >= 0.6 is 0 Å². The molecule has 2 unspecified atom stereocenters. The minimum Gasteiger partial charge on any atom is -0.465 e. The van der Waals surface area contributed by atoms with Crippen molar-refractivity contribution in [2.75, 3.05) is 19.5 Å². The predicted molar refractivity (Wildman–Crippen MR) is 64.9 cm³/mol. The summed E-state index contributed by atoms with van der Waals surface area (Å²) < 4.78 is 4.55. The Morgan fingerprint density at radius 1 is 1.44 bits per heavy atom. The Morgan fingerprint density at radius 3 is 2.67 bits per heavy atom. The molecule has 0 radical (unpaired) electrons. The molecule has 1 rings (SSSR count). The van der Waals surface area contributed by atoms with Crippen LogP contribution in [0.4, 0.5) is 5.69 Å². The highest BCUT2D eigenvalue weighted by atomic mass is 16.5. The number of ether oxygens (including phenoxy) is 1. The van der Waals surface area contributed by atoms with Crippen LogP contribution in [0.25, 0.3) is 0 Å². The third kappa shape index (κ3) is 3.19. The summed E-state index contributed by atoms with van der Waals surface area (Å²) in [4.78, 5) is 11.3. The summed E-state index contributed by atoms with van der Waals surface area (Å²) in [7, 11) is 1.25. The Hall–Kier alpha value is -1.63. The molecule has 100 valence electrons. The molecule has 0 aliphatic heterocycles. The molecule has 0 aliphatic carbocycles. The molecule has 0 aromatic heterocycles. The van der Waals surface area contributed by atoms with Crippen LogP contribution in [0.3, 0.4) is 0 Å². The fourth-order valence-corrected chi connectivity index (χ4v) is 1.57. The lowest BCUT2D eigenvalue weighted by Gasteiger charge is -2.19. The van der Waals surface area contributed by atoms with Gasteiger partial charge in [0, 0.05) is 17.9 Å². The van der Waals surface area contributed by atoms with Crippen molar-refractivity contribution in [3.05, 3.63) is 29.3 Å². The molecule has 18 heavy (non-hydrogen) atoms. The molecule has 0 spiro atoms. The first-order valence-electron chi connectivity index (χ1n) is 5.46. The van der Waals surface area contributed by atoms with Gasteiger partial charge in [0.1, 0.15) is 6.10 Å². The molecule has 0 amide bonds. The fraction of sp³-hybridized carbons (Fsp3) is 0.417. The molecule has 6 nitrogen and oxygen atoms in total. The van der Waals surface area contributed by atoms with Crippen molar-refractivity contribution in [1.29, 1.82) is 0 Å². The van der Waals surface area contributed by atoms with Crippen molar-refractivity contribution in [2.24, 2.45) is 0 Å². The van der Waals surface area contributed by atoms with Gasteiger partial charge < -0.3 is 25.8 Å². The zero-order valence-electron chi connectivity index (χ0n) is 10.0. The summed E-state index contributed by atoms with van der Waals surface area (Å²) in [5.74, 6) is -0.555. The second-order valence-electron chi connectivity index (χ2n) is 3.86. The molecule has 0 bridgehead atoms. The predicted octanol–water partition coefficient (Wildman–Crippen LogP) is -0.168. The second-order valence-corrected chi connectivity index (χ2v) is 3.86. The van der Waals surface area contributed by atoms with Crippen molar-refractivity contribution < 1.29 is 24.9 Å². The van der Waals surface area contributed by atoms with Crippen molar-refractivity contribution in [1.82, 2.24) is 0 Å². The molecular weight excluding hydrogens is 238 g/mol. The number of hydrogen-bond acceptors (Lipinski definition) is 6. The summed E-state index contributed by atoms with van der Waals surface area (Å²) in [6, 6.07) is 4.29. The maximum absolute atomic E-state index is 11.3. The number of nitrogens with two attached hydrogens (primary N) is 1. The van der Waals surface area contributed by atoms with Crippen LogP contribution in [0, 0.1) is 0 Å². The van der Waals surface area contributed by atoms with E-state index in [9.17, 15) is 15.0 Å². The molecule has 6 heteroatoms. The van der Waals surface area contributed by atoms with E-state index in [1.54, 1.807) is 0 Å². The summed E-state index contributed by atoms with van der Waals surface area (Å²) in [6.07, 6.45) is -2.39. The Morgan fingerprint density at radius 2 is 2.11 bits per heavy atom. The lowest BCUT2D eigenvalue weighted by atomic mass is 9.98. The van der Waals surface area contributed by atoms with Crippen molar-refractivity contribution in [3.63, 3.8) is 0 Å². The number of anilines is 1. The topological polar surface area (TPSA) is 113 Å². The number of carbonyl (C=O) groups is 1. The molecule has 2 atom stereocenters. The standard InChI is InChI=1S/C12H17NO5/c1-18-12(17)7-2-3-9(13)8(6-7)11(16)10(15)4-5-14/h2-3,6,10-11,14-16H,4-5,13H2,1H3. The van der Waals surface area contributed by atoms with Crippen LogP contribution < -0.4 is 5.73 Å². The largest absolute Gasteiger partial charge is 0.465 e. The summed E-state index contributed by atoms with van der Waals surface area (Å²) in [5, 5.41) is 28.2. The maximum atomic E-state index is 11.3. The van der Waals surface area contributed by atoms with Gasteiger partial charge in [-0.1, -0.05) is 0 Å². The van der Waals surface area contributed by atoms with E-state index in [-0.39, 0.29) is 29.8 Å². The van der Waals surface area contributed by atoms with Gasteiger partial charge in [0.2, 0.25) is 0 Å². The summed E-state index contributed by atoms with van der Waals surface area (Å²) >= 11 is 0. The lowest BCUT2D eigenvalue weighted by molar-refractivity contribution is 0.00453. The Bertz CT molecular complexity index is 421. The molecule has 1 aromatic carbocycles. The number of nitrogen functional groups attached to an aromatic ring is 1. The van der Waals surface area contributed by atoms with E-state index in [4.69, 9.17) is 10.8 Å². The maximum Gasteiger partial charge on any atom is 0.337 e. The number of methoxy groups -OCH3 is 1. The highest BCUT2D eigenvalue weighted by Gasteiger charge is 2.21. The number of aliphatic hydroxyl groups excluding tert-OH is 3. The van der Waals surface area contributed by atoms with Crippen LogP contribution in [-0.4, -0.2) is 41.1 Å². The van der Waals surface area contributed by atoms with E-state index < -0.39 is 18.2 Å². The lowest BCUT2D eigenvalue weighted by Crippen LogP contribution is -2.21. The SMILES string of the molecule is COC(=O)c1ccc(N)c(C(O)C(O)CCO)c1. The van der Waals surface area contributed by atoms with Crippen LogP contribution in [0.5, 0.6) is 0 Å². The van der Waals surface area contributed by atoms with E-state index in [0.717, 1.165) is 0 Å². The highest BCUT2D eigenvalue weighted by molar-refractivity contribution is 5.90. The van der Waals surface area contributed by atoms with Gasteiger partial charge in [0.25, 0.3) is 0 Å². The van der Waals surface area contributed by atoms with Gasteiger partial charge in [0.05, 0.1) is 18.8 Å². The van der Waals surface area contributed by atoms with Crippen LogP contribution in [0.15, 0.2) is 18.2 Å². The van der Waals surface area contributed by atoms with Crippen LogP contribution in [-0.2, 0) is 4.74 Å².